The molecule has 0 saturated heterocycles. The smallest absolute Gasteiger partial charge is 0.309 e. The highest BCUT2D eigenvalue weighted by Gasteiger charge is 2.54. The van der Waals surface area contributed by atoms with E-state index >= 15 is 0 Å². The molecule has 3 rings (SSSR count). The Labute approximate surface area is 113 Å². The predicted molar refractivity (Wildman–Crippen MR) is 70.9 cm³/mol. The second-order valence-electron chi connectivity index (χ2n) is 5.64. The maximum atomic E-state index is 12.8. The van der Waals surface area contributed by atoms with Gasteiger partial charge in [0.15, 0.2) is 5.78 Å². The Hall–Kier alpha value is -1.64. The van der Waals surface area contributed by atoms with Crippen LogP contribution in [0.2, 0.25) is 0 Å². The third-order valence-electron chi connectivity index (χ3n) is 4.74. The summed E-state index contributed by atoms with van der Waals surface area (Å²) in [5.41, 5.74) is 1.36. The van der Waals surface area contributed by atoms with Gasteiger partial charge < -0.3 is 4.74 Å². The molecule has 1 aromatic carbocycles. The average molecular weight is 258 g/mol. The van der Waals surface area contributed by atoms with Crippen LogP contribution in [0.5, 0.6) is 0 Å². The Kier molecular flexibility index (Phi) is 2.92. The molecule has 2 unspecified atom stereocenters. The van der Waals surface area contributed by atoms with E-state index in [1.807, 2.05) is 24.3 Å². The van der Waals surface area contributed by atoms with Crippen LogP contribution in [0.4, 0.5) is 0 Å². The molecule has 3 heteroatoms. The molecule has 2 atom stereocenters. The summed E-state index contributed by atoms with van der Waals surface area (Å²) in [7, 11) is 1.41. The number of Topliss-reactive ketones (excluding diaryl/α,β-unsaturated/α-hetero) is 1. The number of methoxy groups -OCH3 is 1. The van der Waals surface area contributed by atoms with Crippen molar-refractivity contribution in [3.63, 3.8) is 0 Å². The monoisotopic (exact) mass is 258 g/mol. The zero-order valence-corrected chi connectivity index (χ0v) is 11.1. The predicted octanol–water partition coefficient (Wildman–Crippen LogP) is 2.78. The Balaban J connectivity index is 2.03. The van der Waals surface area contributed by atoms with Crippen molar-refractivity contribution in [3.05, 3.63) is 35.4 Å². The fourth-order valence-corrected chi connectivity index (χ4v) is 3.79. The molecule has 0 bridgehead atoms. The molecule has 0 aromatic heterocycles. The van der Waals surface area contributed by atoms with E-state index in [-0.39, 0.29) is 17.7 Å². The van der Waals surface area contributed by atoms with Crippen LogP contribution in [0.15, 0.2) is 24.3 Å². The number of ketones is 1. The minimum Gasteiger partial charge on any atom is -0.469 e. The molecule has 19 heavy (non-hydrogen) atoms. The average Bonchev–Trinajstić information content (AvgIpc) is 2.72. The van der Waals surface area contributed by atoms with Crippen molar-refractivity contribution in [1.82, 2.24) is 0 Å². The Bertz CT molecular complexity index is 535. The molecule has 0 aliphatic heterocycles. The van der Waals surface area contributed by atoms with Crippen molar-refractivity contribution in [1.29, 1.82) is 0 Å². The van der Waals surface area contributed by atoms with E-state index in [0.29, 0.717) is 6.42 Å². The molecule has 3 nitrogen and oxygen atoms in total. The van der Waals surface area contributed by atoms with Crippen molar-refractivity contribution >= 4 is 11.8 Å². The summed E-state index contributed by atoms with van der Waals surface area (Å²) < 4.78 is 4.93. The van der Waals surface area contributed by atoms with Crippen LogP contribution in [0.1, 0.15) is 41.6 Å². The number of fused-ring (bicyclic) bond motifs is 1. The first-order chi connectivity index (χ1) is 9.19. The van der Waals surface area contributed by atoms with Gasteiger partial charge in [0.1, 0.15) is 0 Å². The van der Waals surface area contributed by atoms with Gasteiger partial charge in [-0.05, 0) is 24.8 Å². The first-order valence-corrected chi connectivity index (χ1v) is 6.89. The zero-order chi connectivity index (χ0) is 13.5. The molecule has 1 saturated carbocycles. The van der Waals surface area contributed by atoms with E-state index in [1.165, 1.54) is 7.11 Å². The number of hydrogen-bond donors (Lipinski definition) is 0. The second kappa shape index (κ2) is 4.48. The van der Waals surface area contributed by atoms with Gasteiger partial charge in [0, 0.05) is 5.56 Å². The third kappa shape index (κ3) is 1.71. The lowest BCUT2D eigenvalue weighted by atomic mass is 9.64. The van der Waals surface area contributed by atoms with E-state index in [2.05, 4.69) is 0 Å². The third-order valence-corrected chi connectivity index (χ3v) is 4.74. The normalized spacial score (nSPS) is 29.3. The van der Waals surface area contributed by atoms with Gasteiger partial charge in [-0.1, -0.05) is 37.1 Å². The summed E-state index contributed by atoms with van der Waals surface area (Å²) in [4.78, 5) is 24.8. The van der Waals surface area contributed by atoms with E-state index < -0.39 is 5.41 Å². The number of carbonyl (C=O) groups is 2. The Morgan fingerprint density at radius 3 is 2.84 bits per heavy atom. The first kappa shape index (κ1) is 12.4. The minimum absolute atomic E-state index is 0.151. The van der Waals surface area contributed by atoms with Crippen LogP contribution in [-0.2, 0) is 16.0 Å². The van der Waals surface area contributed by atoms with Gasteiger partial charge in [-0.2, -0.15) is 0 Å². The SMILES string of the molecule is COC(=O)C1CCCCC12Cc1ccccc1C2=O. The van der Waals surface area contributed by atoms with Crippen molar-refractivity contribution in [3.8, 4) is 0 Å². The van der Waals surface area contributed by atoms with Gasteiger partial charge in [-0.15, -0.1) is 0 Å². The molecule has 1 spiro atoms. The van der Waals surface area contributed by atoms with Crippen molar-refractivity contribution < 1.29 is 14.3 Å². The molecular formula is C16H18O3. The van der Waals surface area contributed by atoms with Crippen molar-refractivity contribution in [2.45, 2.75) is 32.1 Å². The first-order valence-electron chi connectivity index (χ1n) is 6.89. The quantitative estimate of drug-likeness (QED) is 0.727. The summed E-state index contributed by atoms with van der Waals surface area (Å²) in [5.74, 6) is -0.342. The maximum Gasteiger partial charge on any atom is 0.309 e. The lowest BCUT2D eigenvalue weighted by molar-refractivity contribution is -0.150. The standard InChI is InChI=1S/C16H18O3/c1-19-15(18)13-8-4-5-9-16(13)10-11-6-2-3-7-12(11)14(16)17/h2-3,6-7,13H,4-5,8-10H2,1H3. The van der Waals surface area contributed by atoms with E-state index in [4.69, 9.17) is 4.74 Å². The minimum atomic E-state index is -0.533. The summed E-state index contributed by atoms with van der Waals surface area (Å²) in [6.07, 6.45) is 4.30. The van der Waals surface area contributed by atoms with E-state index in [9.17, 15) is 9.59 Å². The summed E-state index contributed by atoms with van der Waals surface area (Å²) >= 11 is 0. The number of ether oxygens (including phenoxy) is 1. The van der Waals surface area contributed by atoms with Gasteiger partial charge in [0.25, 0.3) is 0 Å². The fraction of sp³-hybridized carbons (Fsp3) is 0.500. The van der Waals surface area contributed by atoms with Crippen LogP contribution >= 0.6 is 0 Å². The molecule has 1 fully saturated rings. The topological polar surface area (TPSA) is 43.4 Å². The molecule has 2 aliphatic rings. The molecule has 2 aliphatic carbocycles. The van der Waals surface area contributed by atoms with Crippen molar-refractivity contribution in [2.75, 3.05) is 7.11 Å². The summed E-state index contributed by atoms with van der Waals surface area (Å²) in [6.45, 7) is 0. The van der Waals surface area contributed by atoms with E-state index in [0.717, 1.165) is 36.8 Å². The molecule has 0 amide bonds. The highest BCUT2D eigenvalue weighted by molar-refractivity contribution is 6.07. The van der Waals surface area contributed by atoms with Crippen LogP contribution in [0.25, 0.3) is 0 Å². The van der Waals surface area contributed by atoms with Crippen LogP contribution < -0.4 is 0 Å². The van der Waals surface area contributed by atoms with E-state index in [1.54, 1.807) is 0 Å². The highest BCUT2D eigenvalue weighted by atomic mass is 16.5. The van der Waals surface area contributed by atoms with Gasteiger partial charge in [-0.3, -0.25) is 9.59 Å². The fourth-order valence-electron chi connectivity index (χ4n) is 3.79. The number of hydrogen-bond acceptors (Lipinski definition) is 3. The lowest BCUT2D eigenvalue weighted by Gasteiger charge is -2.38. The van der Waals surface area contributed by atoms with Crippen LogP contribution in [0.3, 0.4) is 0 Å². The second-order valence-corrected chi connectivity index (χ2v) is 5.64. The molecule has 0 heterocycles. The summed E-state index contributed by atoms with van der Waals surface area (Å²) in [6, 6.07) is 7.74. The van der Waals surface area contributed by atoms with Gasteiger partial charge in [0.05, 0.1) is 18.4 Å². The Morgan fingerprint density at radius 2 is 2.11 bits per heavy atom. The van der Waals surface area contributed by atoms with Crippen LogP contribution in [-0.4, -0.2) is 18.9 Å². The largest absolute Gasteiger partial charge is 0.469 e. The number of rotatable bonds is 1. The summed E-state index contributed by atoms with van der Waals surface area (Å²) in [5, 5.41) is 0. The molecular weight excluding hydrogens is 240 g/mol. The number of esters is 1. The lowest BCUT2D eigenvalue weighted by Crippen LogP contribution is -2.43. The van der Waals surface area contributed by atoms with Gasteiger partial charge in [0.2, 0.25) is 0 Å². The molecule has 0 N–H and O–H groups in total. The molecule has 100 valence electrons. The zero-order valence-electron chi connectivity index (χ0n) is 11.1. The number of benzene rings is 1. The highest BCUT2D eigenvalue weighted by Crippen LogP contribution is 2.50. The van der Waals surface area contributed by atoms with Crippen LogP contribution in [0, 0.1) is 11.3 Å². The molecule has 1 aromatic rings. The Morgan fingerprint density at radius 1 is 1.32 bits per heavy atom. The van der Waals surface area contributed by atoms with Gasteiger partial charge in [-0.25, -0.2) is 0 Å². The van der Waals surface area contributed by atoms with Crippen molar-refractivity contribution in [2.24, 2.45) is 11.3 Å². The number of carbonyl (C=O) groups excluding carboxylic acids is 2. The molecule has 0 radical (unpaired) electrons. The van der Waals surface area contributed by atoms with Gasteiger partial charge >= 0.3 is 5.97 Å². The maximum absolute atomic E-state index is 12.8.